The van der Waals surface area contributed by atoms with Gasteiger partial charge < -0.3 is 14.2 Å². The average molecular weight is 960 g/mol. The number of esters is 3. The van der Waals surface area contributed by atoms with Crippen molar-refractivity contribution < 1.29 is 28.6 Å². The summed E-state index contributed by atoms with van der Waals surface area (Å²) >= 11 is 0. The molecule has 1 atom stereocenters. The van der Waals surface area contributed by atoms with Crippen molar-refractivity contribution in [1.29, 1.82) is 0 Å². The highest BCUT2D eigenvalue weighted by Gasteiger charge is 2.19. The van der Waals surface area contributed by atoms with E-state index in [2.05, 4.69) is 118 Å². The summed E-state index contributed by atoms with van der Waals surface area (Å²) in [5.41, 5.74) is 0. The number of unbranched alkanes of at least 4 members (excludes halogenated alkanes) is 24. The Bertz CT molecular complexity index is 1380. The Kier molecular flexibility index (Phi) is 53.9. The van der Waals surface area contributed by atoms with Gasteiger partial charge in [0.05, 0.1) is 0 Å². The van der Waals surface area contributed by atoms with Crippen LogP contribution in [0.5, 0.6) is 0 Å². The van der Waals surface area contributed by atoms with Crippen molar-refractivity contribution in [1.82, 2.24) is 0 Å². The van der Waals surface area contributed by atoms with Crippen molar-refractivity contribution in [2.75, 3.05) is 13.2 Å². The molecule has 0 bridgehead atoms. The molecule has 0 heterocycles. The maximum atomic E-state index is 12.8. The van der Waals surface area contributed by atoms with Crippen LogP contribution >= 0.6 is 0 Å². The molecule has 0 spiro atoms. The zero-order valence-corrected chi connectivity index (χ0v) is 45.0. The van der Waals surface area contributed by atoms with E-state index in [1.807, 2.05) is 0 Å². The number of ether oxygens (including phenoxy) is 3. The number of hydrogen-bond acceptors (Lipinski definition) is 6. The summed E-state index contributed by atoms with van der Waals surface area (Å²) in [6.45, 7) is 6.46. The van der Waals surface area contributed by atoms with Crippen LogP contribution in [0.2, 0.25) is 0 Å². The van der Waals surface area contributed by atoms with Crippen LogP contribution in [0.3, 0.4) is 0 Å². The van der Waals surface area contributed by atoms with Crippen LogP contribution in [0.15, 0.2) is 97.2 Å². The molecule has 0 fully saturated rings. The Morgan fingerprint density at radius 3 is 0.899 bits per heavy atom. The van der Waals surface area contributed by atoms with Crippen molar-refractivity contribution in [3.05, 3.63) is 97.2 Å². The zero-order valence-electron chi connectivity index (χ0n) is 45.0. The lowest BCUT2D eigenvalue weighted by Gasteiger charge is -2.18. The third kappa shape index (κ3) is 55.1. The van der Waals surface area contributed by atoms with Gasteiger partial charge in [0.1, 0.15) is 13.2 Å². The molecular weight excluding hydrogens is 853 g/mol. The normalized spacial score (nSPS) is 12.8. The predicted octanol–water partition coefficient (Wildman–Crippen LogP) is 19.3. The molecule has 6 nitrogen and oxygen atoms in total. The molecule has 69 heavy (non-hydrogen) atoms. The van der Waals surface area contributed by atoms with Crippen LogP contribution in [-0.4, -0.2) is 37.2 Å². The molecule has 0 aromatic rings. The van der Waals surface area contributed by atoms with E-state index in [-0.39, 0.29) is 31.1 Å². The Balaban J connectivity index is 4.29. The minimum Gasteiger partial charge on any atom is -0.462 e. The van der Waals surface area contributed by atoms with Gasteiger partial charge in [0.2, 0.25) is 0 Å². The zero-order chi connectivity index (χ0) is 50.0. The quantitative estimate of drug-likeness (QED) is 0.0262. The van der Waals surface area contributed by atoms with Gasteiger partial charge in [0.25, 0.3) is 0 Å². The Hall–Kier alpha value is -3.67. The van der Waals surface area contributed by atoms with E-state index in [9.17, 15) is 14.4 Å². The molecule has 0 rings (SSSR count). The number of allylic oxidation sites excluding steroid dienone is 16. The largest absolute Gasteiger partial charge is 0.462 e. The van der Waals surface area contributed by atoms with Crippen molar-refractivity contribution >= 4 is 17.9 Å². The molecule has 0 saturated heterocycles. The van der Waals surface area contributed by atoms with Crippen LogP contribution in [0.1, 0.15) is 265 Å². The predicted molar refractivity (Wildman–Crippen MR) is 297 cm³/mol. The Morgan fingerprint density at radius 2 is 0.565 bits per heavy atom. The highest BCUT2D eigenvalue weighted by Crippen LogP contribution is 2.14. The van der Waals surface area contributed by atoms with Crippen molar-refractivity contribution in [3.63, 3.8) is 0 Å². The number of hydrogen-bond donors (Lipinski definition) is 0. The molecule has 0 aromatic heterocycles. The molecule has 0 aliphatic carbocycles. The molecule has 394 valence electrons. The molecule has 0 aliphatic rings. The van der Waals surface area contributed by atoms with Gasteiger partial charge in [0, 0.05) is 19.3 Å². The fourth-order valence-corrected chi connectivity index (χ4v) is 7.77. The number of carbonyl (C=O) groups is 3. The first kappa shape index (κ1) is 65.3. The van der Waals surface area contributed by atoms with Crippen LogP contribution in [-0.2, 0) is 28.6 Å². The second kappa shape index (κ2) is 56.9. The molecule has 0 amide bonds. The molecule has 0 N–H and O–H groups in total. The molecule has 0 radical (unpaired) electrons. The molecule has 0 aliphatic heterocycles. The lowest BCUT2D eigenvalue weighted by molar-refractivity contribution is -0.167. The molecule has 0 aromatic carbocycles. The summed E-state index contributed by atoms with van der Waals surface area (Å²) in [6.07, 6.45) is 75.5. The van der Waals surface area contributed by atoms with Gasteiger partial charge in [0.15, 0.2) is 6.10 Å². The smallest absolute Gasteiger partial charge is 0.306 e. The molecule has 1 unspecified atom stereocenters. The first-order valence-corrected chi connectivity index (χ1v) is 28.7. The SMILES string of the molecule is CC/C=C\C/C=C\C/C=C\C/C=C\C/C=C\C/C=C\CCCCCCCCC(=O)OCC(COC(=O)CCCCCCCCCC)OC(=O)CCCCCCCCC/C=C\C/C=C\CCCCCC. The van der Waals surface area contributed by atoms with Gasteiger partial charge in [-0.25, -0.2) is 0 Å². The van der Waals surface area contributed by atoms with E-state index in [0.717, 1.165) is 122 Å². The van der Waals surface area contributed by atoms with E-state index in [1.54, 1.807) is 0 Å². The molecular formula is C63H106O6. The van der Waals surface area contributed by atoms with Gasteiger partial charge in [-0.15, -0.1) is 0 Å². The summed E-state index contributed by atoms with van der Waals surface area (Å²) in [5.74, 6) is -0.910. The van der Waals surface area contributed by atoms with Crippen LogP contribution in [0.4, 0.5) is 0 Å². The van der Waals surface area contributed by atoms with Crippen molar-refractivity contribution in [3.8, 4) is 0 Å². The fraction of sp³-hybridized carbons (Fsp3) is 0.698. The molecule has 0 saturated carbocycles. The summed E-state index contributed by atoms with van der Waals surface area (Å²) in [5, 5.41) is 0. The van der Waals surface area contributed by atoms with Crippen LogP contribution in [0.25, 0.3) is 0 Å². The van der Waals surface area contributed by atoms with Crippen LogP contribution in [0, 0.1) is 0 Å². The van der Waals surface area contributed by atoms with E-state index >= 15 is 0 Å². The van der Waals surface area contributed by atoms with E-state index in [1.165, 1.54) is 103 Å². The average Bonchev–Trinajstić information content (AvgIpc) is 3.35. The minimum atomic E-state index is -0.786. The minimum absolute atomic E-state index is 0.0849. The standard InChI is InChI=1S/C63H106O6/c1-4-7-10-13-16-19-21-23-25-27-29-30-31-32-33-34-35-37-38-40-42-44-47-50-53-56-62(65)68-59-60(58-67-61(64)55-52-49-46-18-15-12-9-6-3)69-63(66)57-54-51-48-45-43-41-39-36-28-26-24-22-20-17-14-11-8-5-2/h7,10,16,19-20,22-23,25-26,28-30,32-33,35,37,60H,4-6,8-9,11-15,17-18,21,24,27,31,34,36,38-59H2,1-3H3/b10-7-,19-16-,22-20-,25-23-,28-26-,30-29-,33-32-,37-35-. The van der Waals surface area contributed by atoms with Gasteiger partial charge in [-0.2, -0.15) is 0 Å². The maximum absolute atomic E-state index is 12.8. The first-order chi connectivity index (χ1) is 34.0. The fourth-order valence-electron chi connectivity index (χ4n) is 7.77. The summed E-state index contributed by atoms with van der Waals surface area (Å²) in [4.78, 5) is 38.0. The third-order valence-corrected chi connectivity index (χ3v) is 12.1. The van der Waals surface area contributed by atoms with Crippen molar-refractivity contribution in [2.45, 2.75) is 271 Å². The third-order valence-electron chi connectivity index (χ3n) is 12.1. The Morgan fingerprint density at radius 1 is 0.304 bits per heavy atom. The van der Waals surface area contributed by atoms with Gasteiger partial charge >= 0.3 is 17.9 Å². The molecule has 6 heteroatoms. The lowest BCUT2D eigenvalue weighted by atomic mass is 10.1. The second-order valence-electron chi connectivity index (χ2n) is 18.8. The highest BCUT2D eigenvalue weighted by molar-refractivity contribution is 5.71. The van der Waals surface area contributed by atoms with E-state index in [4.69, 9.17) is 14.2 Å². The van der Waals surface area contributed by atoms with E-state index < -0.39 is 6.10 Å². The van der Waals surface area contributed by atoms with Gasteiger partial charge in [-0.05, 0) is 103 Å². The maximum Gasteiger partial charge on any atom is 0.306 e. The van der Waals surface area contributed by atoms with Crippen molar-refractivity contribution in [2.24, 2.45) is 0 Å². The monoisotopic (exact) mass is 959 g/mol. The topological polar surface area (TPSA) is 78.9 Å². The first-order valence-electron chi connectivity index (χ1n) is 28.7. The number of rotatable bonds is 51. The Labute approximate surface area is 426 Å². The lowest BCUT2D eigenvalue weighted by Crippen LogP contribution is -2.30. The van der Waals surface area contributed by atoms with Gasteiger partial charge in [-0.1, -0.05) is 240 Å². The van der Waals surface area contributed by atoms with E-state index in [0.29, 0.717) is 19.3 Å². The second-order valence-corrected chi connectivity index (χ2v) is 18.8. The summed E-state index contributed by atoms with van der Waals surface area (Å²) in [7, 11) is 0. The van der Waals surface area contributed by atoms with Gasteiger partial charge in [-0.3, -0.25) is 14.4 Å². The number of carbonyl (C=O) groups excluding carboxylic acids is 3. The van der Waals surface area contributed by atoms with Crippen LogP contribution < -0.4 is 0 Å². The highest BCUT2D eigenvalue weighted by atomic mass is 16.6. The summed E-state index contributed by atoms with van der Waals surface area (Å²) < 4.78 is 16.8. The summed E-state index contributed by atoms with van der Waals surface area (Å²) in [6, 6.07) is 0.